The first-order valence-electron chi connectivity index (χ1n) is 3.97. The first-order chi connectivity index (χ1) is 6.25. The van der Waals surface area contributed by atoms with Gasteiger partial charge in [-0.3, -0.25) is 0 Å². The van der Waals surface area contributed by atoms with Crippen LogP contribution in [-0.2, 0) is 6.42 Å². The topological polar surface area (TPSA) is 12.9 Å². The molecule has 0 radical (unpaired) electrons. The summed E-state index contributed by atoms with van der Waals surface area (Å²) in [6.45, 7) is 3.75. The van der Waals surface area contributed by atoms with Crippen molar-refractivity contribution >= 4 is 34.2 Å². The molecule has 66 valence electrons. The summed E-state index contributed by atoms with van der Waals surface area (Å²) in [5.74, 6) is 0. The predicted octanol–water partition coefficient (Wildman–Crippen LogP) is 3.28. The maximum atomic E-state index is 4.46. The van der Waals surface area contributed by atoms with Crippen molar-refractivity contribution < 1.29 is 0 Å². The number of para-hydroxylation sites is 1. The van der Waals surface area contributed by atoms with Gasteiger partial charge in [-0.2, -0.15) is 0 Å². The molecule has 13 heavy (non-hydrogen) atoms. The van der Waals surface area contributed by atoms with E-state index in [4.69, 9.17) is 0 Å². The van der Waals surface area contributed by atoms with Gasteiger partial charge in [-0.05, 0) is 17.0 Å². The van der Waals surface area contributed by atoms with Crippen molar-refractivity contribution in [2.45, 2.75) is 6.42 Å². The van der Waals surface area contributed by atoms with Crippen LogP contribution in [0.4, 0.5) is 0 Å². The number of allylic oxidation sites excluding steroid dienone is 1. The zero-order valence-corrected chi connectivity index (χ0v) is 8.74. The monoisotopic (exact) mass is 207 g/mol. The van der Waals surface area contributed by atoms with E-state index in [1.807, 2.05) is 18.2 Å². The van der Waals surface area contributed by atoms with E-state index in [-0.39, 0.29) is 0 Å². The van der Waals surface area contributed by atoms with Gasteiger partial charge in [-0.25, -0.2) is 4.98 Å². The Morgan fingerprint density at radius 1 is 1.46 bits per heavy atom. The maximum Gasteiger partial charge on any atom is 0.0987 e. The van der Waals surface area contributed by atoms with Crippen LogP contribution >= 0.6 is 24.0 Å². The number of hydrogen-bond acceptors (Lipinski definition) is 3. The zero-order chi connectivity index (χ0) is 9.26. The summed E-state index contributed by atoms with van der Waals surface area (Å²) in [6.07, 6.45) is 0.766. The Morgan fingerprint density at radius 2 is 2.23 bits per heavy atom. The molecule has 1 nitrogen and oxygen atoms in total. The van der Waals surface area contributed by atoms with E-state index in [2.05, 4.69) is 30.3 Å². The second-order valence-electron chi connectivity index (χ2n) is 2.82. The molecule has 0 amide bonds. The van der Waals surface area contributed by atoms with Crippen LogP contribution in [0.15, 0.2) is 35.7 Å². The molecule has 0 saturated heterocycles. The highest BCUT2D eigenvalue weighted by Crippen LogP contribution is 2.23. The van der Waals surface area contributed by atoms with Crippen molar-refractivity contribution in [3.63, 3.8) is 0 Å². The lowest BCUT2D eigenvalue weighted by Gasteiger charge is -1.89. The fourth-order valence-electron chi connectivity index (χ4n) is 1.17. The van der Waals surface area contributed by atoms with Crippen LogP contribution in [0.5, 0.6) is 0 Å². The molecule has 0 saturated carbocycles. The van der Waals surface area contributed by atoms with E-state index in [0.29, 0.717) is 0 Å². The van der Waals surface area contributed by atoms with E-state index >= 15 is 0 Å². The number of rotatable bonds is 2. The van der Waals surface area contributed by atoms with Crippen molar-refractivity contribution in [1.82, 2.24) is 4.98 Å². The summed E-state index contributed by atoms with van der Waals surface area (Å²) < 4.78 is 1.23. The molecule has 1 heterocycles. The fraction of sp³-hybridized carbons (Fsp3) is 0.100. The second kappa shape index (κ2) is 3.52. The lowest BCUT2D eigenvalue weighted by atomic mass is 10.3. The number of benzene rings is 1. The SMILES string of the molecule is C=C(S)Cc1nc2ccccc2s1. The maximum absolute atomic E-state index is 4.46. The standard InChI is InChI=1S/C10H9NS2/c1-7(12)6-10-11-8-4-2-3-5-9(8)13-10/h2-5,12H,1,6H2. The Hall–Kier alpha value is -0.800. The molecule has 0 aliphatic rings. The number of nitrogens with zero attached hydrogens (tertiary/aromatic N) is 1. The van der Waals surface area contributed by atoms with Gasteiger partial charge in [0.05, 0.1) is 15.2 Å². The molecule has 0 unspecified atom stereocenters. The van der Waals surface area contributed by atoms with Crippen molar-refractivity contribution in [2.75, 3.05) is 0 Å². The molecule has 0 fully saturated rings. The third-order valence-corrected chi connectivity index (χ3v) is 2.89. The smallest absolute Gasteiger partial charge is 0.0987 e. The minimum Gasteiger partial charge on any atom is -0.241 e. The molecule has 2 rings (SSSR count). The number of aromatic nitrogens is 1. The van der Waals surface area contributed by atoms with E-state index in [1.165, 1.54) is 4.70 Å². The molecule has 3 heteroatoms. The first-order valence-corrected chi connectivity index (χ1v) is 5.23. The summed E-state index contributed by atoms with van der Waals surface area (Å²) in [5.41, 5.74) is 1.07. The Bertz CT molecular complexity index is 412. The van der Waals surface area contributed by atoms with Crippen LogP contribution < -0.4 is 0 Å². The van der Waals surface area contributed by atoms with Gasteiger partial charge in [0.15, 0.2) is 0 Å². The number of fused-ring (bicyclic) bond motifs is 1. The van der Waals surface area contributed by atoms with Gasteiger partial charge < -0.3 is 0 Å². The molecule has 1 aromatic carbocycles. The van der Waals surface area contributed by atoms with Gasteiger partial charge in [0.1, 0.15) is 0 Å². The second-order valence-corrected chi connectivity index (χ2v) is 4.57. The van der Waals surface area contributed by atoms with Crippen molar-refractivity contribution in [3.8, 4) is 0 Å². The number of hydrogen-bond donors (Lipinski definition) is 1. The highest BCUT2D eigenvalue weighted by molar-refractivity contribution is 7.84. The van der Waals surface area contributed by atoms with Crippen LogP contribution in [0.2, 0.25) is 0 Å². The average Bonchev–Trinajstić information content (AvgIpc) is 2.44. The van der Waals surface area contributed by atoms with E-state index in [1.54, 1.807) is 11.3 Å². The third-order valence-electron chi connectivity index (χ3n) is 1.69. The molecule has 0 aliphatic heterocycles. The minimum atomic E-state index is 0.766. The number of thiol groups is 1. The largest absolute Gasteiger partial charge is 0.241 e. The van der Waals surface area contributed by atoms with E-state index in [0.717, 1.165) is 21.9 Å². The highest BCUT2D eigenvalue weighted by atomic mass is 32.1. The van der Waals surface area contributed by atoms with Crippen LogP contribution in [0, 0.1) is 0 Å². The molecular weight excluding hydrogens is 198 g/mol. The Labute approximate surface area is 86.5 Å². The van der Waals surface area contributed by atoms with E-state index < -0.39 is 0 Å². The van der Waals surface area contributed by atoms with E-state index in [9.17, 15) is 0 Å². The number of thiazole rings is 1. The van der Waals surface area contributed by atoms with Gasteiger partial charge in [-0.1, -0.05) is 18.7 Å². The molecular formula is C10H9NS2. The summed E-state index contributed by atoms with van der Waals surface area (Å²) in [5, 5.41) is 1.08. The summed E-state index contributed by atoms with van der Waals surface area (Å²) in [7, 11) is 0. The van der Waals surface area contributed by atoms with Crippen LogP contribution in [-0.4, -0.2) is 4.98 Å². The van der Waals surface area contributed by atoms with Crippen LogP contribution in [0.25, 0.3) is 10.2 Å². The van der Waals surface area contributed by atoms with Crippen molar-refractivity contribution in [1.29, 1.82) is 0 Å². The molecule has 1 aromatic heterocycles. The lowest BCUT2D eigenvalue weighted by molar-refractivity contribution is 1.20. The molecule has 0 aliphatic carbocycles. The average molecular weight is 207 g/mol. The molecule has 0 atom stereocenters. The van der Waals surface area contributed by atoms with Gasteiger partial charge in [0.25, 0.3) is 0 Å². The van der Waals surface area contributed by atoms with Gasteiger partial charge in [-0.15, -0.1) is 24.0 Å². The zero-order valence-electron chi connectivity index (χ0n) is 7.03. The van der Waals surface area contributed by atoms with Gasteiger partial charge >= 0.3 is 0 Å². The highest BCUT2D eigenvalue weighted by Gasteiger charge is 2.02. The fourth-order valence-corrected chi connectivity index (χ4v) is 2.44. The quantitative estimate of drug-likeness (QED) is 0.746. The van der Waals surface area contributed by atoms with Crippen molar-refractivity contribution in [3.05, 3.63) is 40.8 Å². The molecule has 2 aromatic rings. The molecule has 0 bridgehead atoms. The van der Waals surface area contributed by atoms with Crippen LogP contribution in [0.3, 0.4) is 0 Å². The summed E-state index contributed by atoms with van der Waals surface area (Å²) in [4.78, 5) is 5.32. The minimum absolute atomic E-state index is 0.766. The summed E-state index contributed by atoms with van der Waals surface area (Å²) >= 11 is 5.87. The normalized spacial score (nSPS) is 10.5. The van der Waals surface area contributed by atoms with Crippen LogP contribution in [0.1, 0.15) is 5.01 Å². The molecule has 0 spiro atoms. The first kappa shape index (κ1) is 8.78. The molecule has 0 N–H and O–H groups in total. The lowest BCUT2D eigenvalue weighted by Crippen LogP contribution is -1.80. The summed E-state index contributed by atoms with van der Waals surface area (Å²) in [6, 6.07) is 8.13. The Morgan fingerprint density at radius 3 is 2.92 bits per heavy atom. The van der Waals surface area contributed by atoms with Crippen molar-refractivity contribution in [2.24, 2.45) is 0 Å². The third kappa shape index (κ3) is 1.92. The van der Waals surface area contributed by atoms with Gasteiger partial charge in [0, 0.05) is 6.42 Å². The predicted molar refractivity (Wildman–Crippen MR) is 61.5 cm³/mol. The Balaban J connectivity index is 2.44. The Kier molecular flexibility index (Phi) is 2.38. The van der Waals surface area contributed by atoms with Gasteiger partial charge in [0.2, 0.25) is 0 Å².